The standard InChI is InChI=1S/C8H11N5O2S2/c14-17(15)2-1-6(4-17)9-3-7-12-13-5-10-11-8(13)16-7/h5-6,9H,1-4H2. The Kier molecular flexibility index (Phi) is 2.60. The molecule has 0 amide bonds. The van der Waals surface area contributed by atoms with Gasteiger partial charge in [-0.15, -0.1) is 10.2 Å². The van der Waals surface area contributed by atoms with E-state index < -0.39 is 9.84 Å². The highest BCUT2D eigenvalue weighted by molar-refractivity contribution is 7.91. The van der Waals surface area contributed by atoms with Crippen LogP contribution in [-0.2, 0) is 16.4 Å². The molecule has 2 aromatic heterocycles. The van der Waals surface area contributed by atoms with Gasteiger partial charge in [-0.25, -0.2) is 8.42 Å². The minimum atomic E-state index is -2.82. The van der Waals surface area contributed by atoms with Crippen LogP contribution >= 0.6 is 11.3 Å². The van der Waals surface area contributed by atoms with E-state index in [1.54, 1.807) is 10.8 Å². The molecule has 2 aromatic rings. The van der Waals surface area contributed by atoms with Crippen LogP contribution in [0.2, 0.25) is 0 Å². The quantitative estimate of drug-likeness (QED) is 0.808. The summed E-state index contributed by atoms with van der Waals surface area (Å²) in [5, 5.41) is 16.0. The molecule has 0 aromatic carbocycles. The van der Waals surface area contributed by atoms with E-state index in [0.717, 1.165) is 9.97 Å². The summed E-state index contributed by atoms with van der Waals surface area (Å²) in [7, 11) is -2.82. The van der Waals surface area contributed by atoms with Gasteiger partial charge in [0, 0.05) is 12.6 Å². The highest BCUT2D eigenvalue weighted by Gasteiger charge is 2.27. The van der Waals surface area contributed by atoms with Crippen molar-refractivity contribution in [1.29, 1.82) is 0 Å². The fraction of sp³-hybridized carbons (Fsp3) is 0.625. The van der Waals surface area contributed by atoms with Crippen molar-refractivity contribution in [3.05, 3.63) is 11.3 Å². The third kappa shape index (κ3) is 2.31. The molecule has 3 heterocycles. The third-order valence-corrected chi connectivity index (χ3v) is 5.38. The van der Waals surface area contributed by atoms with E-state index in [2.05, 4.69) is 20.6 Å². The van der Waals surface area contributed by atoms with E-state index in [4.69, 9.17) is 0 Å². The first-order valence-electron chi connectivity index (χ1n) is 5.22. The molecule has 1 unspecified atom stereocenters. The molecule has 1 aliphatic rings. The minimum Gasteiger partial charge on any atom is -0.307 e. The van der Waals surface area contributed by atoms with Crippen LogP contribution < -0.4 is 5.32 Å². The normalized spacial score (nSPS) is 23.4. The van der Waals surface area contributed by atoms with Crippen molar-refractivity contribution < 1.29 is 8.42 Å². The molecule has 7 nitrogen and oxygen atoms in total. The predicted octanol–water partition coefficient (Wildman–Crippen LogP) is -0.538. The SMILES string of the molecule is O=S1(=O)CCC(NCc2nn3cnnc3s2)C1. The summed E-state index contributed by atoms with van der Waals surface area (Å²) in [6.45, 7) is 0.578. The second-order valence-corrected chi connectivity index (χ2v) is 7.30. The molecule has 0 bridgehead atoms. The molecule has 3 rings (SSSR count). The van der Waals surface area contributed by atoms with Crippen LogP contribution in [0.3, 0.4) is 0 Å². The molecule has 1 N–H and O–H groups in total. The van der Waals surface area contributed by atoms with Crippen molar-refractivity contribution in [3.63, 3.8) is 0 Å². The molecule has 1 aliphatic heterocycles. The fourth-order valence-corrected chi connectivity index (χ4v) is 4.33. The number of sulfone groups is 1. The molecule has 0 saturated carbocycles. The second kappa shape index (κ2) is 4.00. The van der Waals surface area contributed by atoms with Crippen LogP contribution in [0.1, 0.15) is 11.4 Å². The number of nitrogens with zero attached hydrogens (tertiary/aromatic N) is 4. The van der Waals surface area contributed by atoms with Crippen LogP contribution in [0, 0.1) is 0 Å². The van der Waals surface area contributed by atoms with E-state index in [0.29, 0.717) is 13.0 Å². The predicted molar refractivity (Wildman–Crippen MR) is 62.6 cm³/mol. The van der Waals surface area contributed by atoms with Gasteiger partial charge >= 0.3 is 0 Å². The Morgan fingerprint density at radius 3 is 3.18 bits per heavy atom. The van der Waals surface area contributed by atoms with Crippen molar-refractivity contribution in [3.8, 4) is 0 Å². The fourth-order valence-electron chi connectivity index (χ4n) is 1.86. The first-order chi connectivity index (χ1) is 8.12. The molecular weight excluding hydrogens is 262 g/mol. The summed E-state index contributed by atoms with van der Waals surface area (Å²) in [4.78, 5) is 0.751. The number of aromatic nitrogens is 4. The molecule has 0 radical (unpaired) electrons. The zero-order valence-electron chi connectivity index (χ0n) is 8.90. The Balaban J connectivity index is 1.63. The first-order valence-corrected chi connectivity index (χ1v) is 7.86. The third-order valence-electron chi connectivity index (χ3n) is 2.70. The van der Waals surface area contributed by atoms with Gasteiger partial charge in [-0.05, 0) is 6.42 Å². The molecule has 0 spiro atoms. The molecule has 1 fully saturated rings. The Morgan fingerprint density at radius 1 is 1.59 bits per heavy atom. The van der Waals surface area contributed by atoms with Crippen LogP contribution in [0.4, 0.5) is 0 Å². The van der Waals surface area contributed by atoms with Gasteiger partial charge in [-0.1, -0.05) is 11.3 Å². The smallest absolute Gasteiger partial charge is 0.234 e. The Hall–Kier alpha value is -1.06. The van der Waals surface area contributed by atoms with Crippen LogP contribution in [-0.4, -0.2) is 45.8 Å². The summed E-state index contributed by atoms with van der Waals surface area (Å²) in [6, 6.07) is 0.0503. The van der Waals surface area contributed by atoms with Gasteiger partial charge in [-0.3, -0.25) is 0 Å². The van der Waals surface area contributed by atoms with Gasteiger partial charge in [0.15, 0.2) is 9.84 Å². The highest BCUT2D eigenvalue weighted by atomic mass is 32.2. The topological polar surface area (TPSA) is 89.2 Å². The molecular formula is C8H11N5O2S2. The lowest BCUT2D eigenvalue weighted by atomic mass is 10.3. The van der Waals surface area contributed by atoms with Gasteiger partial charge in [-0.2, -0.15) is 9.61 Å². The lowest BCUT2D eigenvalue weighted by molar-refractivity contribution is 0.550. The van der Waals surface area contributed by atoms with Crippen molar-refractivity contribution in [2.24, 2.45) is 0 Å². The molecule has 0 aliphatic carbocycles. The van der Waals surface area contributed by atoms with E-state index >= 15 is 0 Å². The van der Waals surface area contributed by atoms with Crippen molar-refractivity contribution in [2.45, 2.75) is 19.0 Å². The van der Waals surface area contributed by atoms with Gasteiger partial charge in [0.1, 0.15) is 11.3 Å². The van der Waals surface area contributed by atoms with Crippen molar-refractivity contribution in [2.75, 3.05) is 11.5 Å². The maximum Gasteiger partial charge on any atom is 0.234 e. The monoisotopic (exact) mass is 273 g/mol. The average molecular weight is 273 g/mol. The molecule has 9 heteroatoms. The summed E-state index contributed by atoms with van der Waals surface area (Å²) in [6.07, 6.45) is 2.24. The zero-order chi connectivity index (χ0) is 11.9. The Morgan fingerprint density at radius 2 is 2.47 bits per heavy atom. The van der Waals surface area contributed by atoms with Crippen LogP contribution in [0.5, 0.6) is 0 Å². The highest BCUT2D eigenvalue weighted by Crippen LogP contribution is 2.14. The average Bonchev–Trinajstić information content (AvgIpc) is 2.88. The maximum absolute atomic E-state index is 11.3. The van der Waals surface area contributed by atoms with Crippen molar-refractivity contribution >= 4 is 26.1 Å². The minimum absolute atomic E-state index is 0.0503. The lowest BCUT2D eigenvalue weighted by Gasteiger charge is -2.07. The van der Waals surface area contributed by atoms with Crippen LogP contribution in [0.25, 0.3) is 4.96 Å². The first kappa shape index (κ1) is 11.1. The lowest BCUT2D eigenvalue weighted by Crippen LogP contribution is -2.29. The molecule has 1 saturated heterocycles. The number of rotatable bonds is 3. The van der Waals surface area contributed by atoms with Gasteiger partial charge in [0.05, 0.1) is 11.5 Å². The molecule has 1 atom stereocenters. The number of nitrogens with one attached hydrogen (secondary N) is 1. The van der Waals surface area contributed by atoms with Gasteiger partial charge < -0.3 is 5.32 Å². The van der Waals surface area contributed by atoms with Gasteiger partial charge in [0.25, 0.3) is 0 Å². The molecule has 17 heavy (non-hydrogen) atoms. The molecule has 92 valence electrons. The van der Waals surface area contributed by atoms with E-state index in [9.17, 15) is 8.42 Å². The van der Waals surface area contributed by atoms with Crippen molar-refractivity contribution in [1.82, 2.24) is 25.1 Å². The number of hydrogen-bond donors (Lipinski definition) is 1. The number of hydrogen-bond acceptors (Lipinski definition) is 7. The van der Waals surface area contributed by atoms with Crippen LogP contribution in [0.15, 0.2) is 6.33 Å². The Bertz CT molecular complexity index is 603. The maximum atomic E-state index is 11.3. The number of fused-ring (bicyclic) bond motifs is 1. The van der Waals surface area contributed by atoms with E-state index in [1.165, 1.54) is 11.3 Å². The van der Waals surface area contributed by atoms with E-state index in [-0.39, 0.29) is 17.5 Å². The second-order valence-electron chi connectivity index (χ2n) is 4.03. The van der Waals surface area contributed by atoms with Gasteiger partial charge in [0.2, 0.25) is 4.96 Å². The summed E-state index contributed by atoms with van der Waals surface area (Å²) in [5.41, 5.74) is 0. The summed E-state index contributed by atoms with van der Waals surface area (Å²) >= 11 is 1.45. The summed E-state index contributed by atoms with van der Waals surface area (Å²) in [5.74, 6) is 0.521. The summed E-state index contributed by atoms with van der Waals surface area (Å²) < 4.78 is 24.2. The van der Waals surface area contributed by atoms with E-state index in [1.807, 2.05) is 0 Å². The largest absolute Gasteiger partial charge is 0.307 e. The zero-order valence-corrected chi connectivity index (χ0v) is 10.5. The Labute approximate surface area is 102 Å².